The number of aliphatic hydroxyl groups is 1. The van der Waals surface area contributed by atoms with E-state index >= 15 is 8.78 Å². The summed E-state index contributed by atoms with van der Waals surface area (Å²) in [5.41, 5.74) is -1.52. The summed E-state index contributed by atoms with van der Waals surface area (Å²) in [7, 11) is 0. The molecule has 4 heterocycles. The van der Waals surface area contributed by atoms with Crippen LogP contribution in [0.4, 0.5) is 25.1 Å². The number of allylic oxidation sites excluding steroid dienone is 1. The molecule has 3 fully saturated rings. The normalized spacial score (nSPS) is 20.1. The van der Waals surface area contributed by atoms with Crippen molar-refractivity contribution in [3.63, 3.8) is 0 Å². The average Bonchev–Trinajstić information content (AvgIpc) is 3.80. The zero-order valence-electron chi connectivity index (χ0n) is 25.9. The molecule has 1 unspecified atom stereocenters. The highest BCUT2D eigenvalue weighted by Crippen LogP contribution is 2.38. The SMILES string of the molecule is CC(=O)NC[C@H]1CN(c2ccc(C(C)/C=C/C3(O)CCN(c4nc5c(cc4F)c(=O)c(C(=O)O)cn5C4CC4)CC3)c(F)c2)C(=O)O1. The topological polar surface area (TPSA) is 154 Å². The number of halogens is 2. The molecule has 1 aliphatic carbocycles. The molecule has 2 saturated heterocycles. The first-order chi connectivity index (χ1) is 22.3. The van der Waals surface area contributed by atoms with Crippen LogP contribution in [-0.4, -0.2) is 75.6 Å². The van der Waals surface area contributed by atoms with Crippen LogP contribution in [0, 0.1) is 11.6 Å². The number of rotatable bonds is 9. The summed E-state index contributed by atoms with van der Waals surface area (Å²) in [5.74, 6) is -3.30. The number of carbonyl (C=O) groups is 3. The van der Waals surface area contributed by atoms with Crippen molar-refractivity contribution in [2.75, 3.05) is 36.0 Å². The minimum Gasteiger partial charge on any atom is -0.477 e. The quantitative estimate of drug-likeness (QED) is 0.293. The number of aromatic carboxylic acids is 1. The van der Waals surface area contributed by atoms with Crippen LogP contribution in [0.25, 0.3) is 11.0 Å². The summed E-state index contributed by atoms with van der Waals surface area (Å²) in [5, 5.41) is 23.3. The van der Waals surface area contributed by atoms with Gasteiger partial charge in [0.05, 0.1) is 29.8 Å². The lowest BCUT2D eigenvalue weighted by molar-refractivity contribution is -0.119. The molecule has 3 N–H and O–H groups in total. The molecule has 2 aromatic heterocycles. The maximum atomic E-state index is 15.3. The number of nitrogens with one attached hydrogen (secondary N) is 1. The maximum Gasteiger partial charge on any atom is 0.414 e. The van der Waals surface area contributed by atoms with Crippen LogP contribution in [0.2, 0.25) is 0 Å². The minimum absolute atomic E-state index is 0.00753. The molecule has 2 atom stereocenters. The highest BCUT2D eigenvalue weighted by molar-refractivity contribution is 5.92. The molecular formula is C33H35F2N5O7. The van der Waals surface area contributed by atoms with Gasteiger partial charge >= 0.3 is 12.1 Å². The summed E-state index contributed by atoms with van der Waals surface area (Å²) >= 11 is 0. The van der Waals surface area contributed by atoms with E-state index in [1.165, 1.54) is 24.1 Å². The number of pyridine rings is 2. The zero-order chi connectivity index (χ0) is 33.6. The van der Waals surface area contributed by atoms with Crippen LogP contribution in [0.1, 0.15) is 67.4 Å². The Labute approximate surface area is 268 Å². The first-order valence-electron chi connectivity index (χ1n) is 15.5. The predicted molar refractivity (Wildman–Crippen MR) is 168 cm³/mol. The maximum absolute atomic E-state index is 15.3. The standard InChI is InChI=1S/C33H35F2N5O7/c1-18(23-6-5-21(13-26(23)34)40-16-22(47-32(40)45)15-36-19(2)41)7-8-33(46)9-11-38(12-10-33)30-27(35)14-24-28(42)25(31(43)44)17-39(20-3-4-20)29(24)37-30/h5-8,13-14,17-18,20,22,46H,3-4,9-12,15-16H2,1-2H3,(H,36,41)(H,43,44)/b8-7+/t18?,22-/m0/s1. The number of anilines is 2. The molecule has 0 radical (unpaired) electrons. The number of aromatic nitrogens is 2. The van der Waals surface area contributed by atoms with Crippen LogP contribution in [0.3, 0.4) is 0 Å². The Morgan fingerprint density at radius 3 is 2.53 bits per heavy atom. The van der Waals surface area contributed by atoms with Gasteiger partial charge in [-0.25, -0.2) is 23.4 Å². The third kappa shape index (κ3) is 6.55. The Morgan fingerprint density at radius 2 is 1.89 bits per heavy atom. The number of ether oxygens (including phenoxy) is 1. The lowest BCUT2D eigenvalue weighted by atomic mass is 9.88. The number of benzene rings is 1. The van der Waals surface area contributed by atoms with Gasteiger partial charge in [0.1, 0.15) is 23.1 Å². The molecule has 248 valence electrons. The highest BCUT2D eigenvalue weighted by atomic mass is 19.1. The van der Waals surface area contributed by atoms with Gasteiger partial charge in [-0.1, -0.05) is 25.1 Å². The molecule has 0 spiro atoms. The fraction of sp³-hybridized carbons (Fsp3) is 0.424. The van der Waals surface area contributed by atoms with Crippen LogP contribution in [0.15, 0.2) is 47.4 Å². The number of nitrogens with zero attached hydrogens (tertiary/aromatic N) is 4. The van der Waals surface area contributed by atoms with Crippen molar-refractivity contribution >= 4 is 40.5 Å². The molecule has 3 aromatic rings. The van der Waals surface area contributed by atoms with Gasteiger partial charge in [-0.2, -0.15) is 0 Å². The molecule has 1 aromatic carbocycles. The second-order valence-electron chi connectivity index (χ2n) is 12.5. The van der Waals surface area contributed by atoms with Gasteiger partial charge in [-0.3, -0.25) is 14.5 Å². The molecule has 0 bridgehead atoms. The fourth-order valence-electron chi connectivity index (χ4n) is 6.09. The molecule has 6 rings (SSSR count). The van der Waals surface area contributed by atoms with Crippen molar-refractivity contribution in [3.05, 3.63) is 75.6 Å². The first kappa shape index (κ1) is 32.1. The molecule has 2 aliphatic heterocycles. The molecule has 3 aliphatic rings. The van der Waals surface area contributed by atoms with Crippen LogP contribution in [-0.2, 0) is 9.53 Å². The van der Waals surface area contributed by atoms with Crippen molar-refractivity contribution in [1.82, 2.24) is 14.9 Å². The zero-order valence-corrected chi connectivity index (χ0v) is 25.9. The van der Waals surface area contributed by atoms with Crippen LogP contribution >= 0.6 is 0 Å². The lowest BCUT2D eigenvalue weighted by Gasteiger charge is -2.37. The van der Waals surface area contributed by atoms with Gasteiger partial charge in [-0.05, 0) is 49.4 Å². The number of fused-ring (bicyclic) bond motifs is 1. The molecule has 2 amide bonds. The smallest absolute Gasteiger partial charge is 0.414 e. The number of hydrogen-bond donors (Lipinski definition) is 3. The Hall–Kier alpha value is -4.85. The van der Waals surface area contributed by atoms with E-state index in [9.17, 15) is 29.4 Å². The third-order valence-electron chi connectivity index (χ3n) is 8.97. The molecule has 1 saturated carbocycles. The average molecular weight is 652 g/mol. The predicted octanol–water partition coefficient (Wildman–Crippen LogP) is 3.86. The Morgan fingerprint density at radius 1 is 1.17 bits per heavy atom. The molecule has 12 nitrogen and oxygen atoms in total. The first-order valence-corrected chi connectivity index (χ1v) is 15.5. The monoisotopic (exact) mass is 651 g/mol. The second-order valence-corrected chi connectivity index (χ2v) is 12.5. The van der Waals surface area contributed by atoms with Gasteiger partial charge in [-0.15, -0.1) is 0 Å². The van der Waals surface area contributed by atoms with Crippen LogP contribution < -0.4 is 20.5 Å². The van der Waals surface area contributed by atoms with Gasteiger partial charge in [0.15, 0.2) is 11.6 Å². The van der Waals surface area contributed by atoms with E-state index in [0.29, 0.717) is 11.3 Å². The number of piperidine rings is 1. The number of carboxylic acids is 1. The van der Waals surface area contributed by atoms with Crippen molar-refractivity contribution in [1.29, 1.82) is 0 Å². The largest absolute Gasteiger partial charge is 0.477 e. The number of amides is 2. The third-order valence-corrected chi connectivity index (χ3v) is 8.97. The summed E-state index contributed by atoms with van der Waals surface area (Å²) in [6, 6.07) is 5.49. The Kier molecular flexibility index (Phi) is 8.47. The second kappa shape index (κ2) is 12.4. The summed E-state index contributed by atoms with van der Waals surface area (Å²) in [6.07, 6.45) is 5.53. The van der Waals surface area contributed by atoms with E-state index in [1.54, 1.807) is 40.7 Å². The van der Waals surface area contributed by atoms with E-state index in [4.69, 9.17) is 4.74 Å². The van der Waals surface area contributed by atoms with Crippen LogP contribution in [0.5, 0.6) is 0 Å². The number of hydrogen-bond acceptors (Lipinski definition) is 8. The van der Waals surface area contributed by atoms with E-state index in [0.717, 1.165) is 18.9 Å². The summed E-state index contributed by atoms with van der Waals surface area (Å²) < 4.78 is 37.4. The van der Waals surface area contributed by atoms with Crippen molar-refractivity contribution in [2.24, 2.45) is 0 Å². The van der Waals surface area contributed by atoms with Gasteiger partial charge in [0.25, 0.3) is 0 Å². The molecular weight excluding hydrogens is 616 g/mol. The van der Waals surface area contributed by atoms with E-state index < -0.39 is 52.3 Å². The van der Waals surface area contributed by atoms with E-state index in [1.807, 2.05) is 0 Å². The van der Waals surface area contributed by atoms with Crippen molar-refractivity contribution < 1.29 is 38.1 Å². The number of cyclic esters (lactones) is 1. The van der Waals surface area contributed by atoms with Gasteiger partial charge in [0.2, 0.25) is 11.3 Å². The van der Waals surface area contributed by atoms with E-state index in [2.05, 4.69) is 10.3 Å². The molecule has 47 heavy (non-hydrogen) atoms. The number of carboxylic acid groups (broad SMARTS) is 1. The van der Waals surface area contributed by atoms with Crippen molar-refractivity contribution in [2.45, 2.75) is 63.2 Å². The van der Waals surface area contributed by atoms with E-state index in [-0.39, 0.29) is 67.8 Å². The highest BCUT2D eigenvalue weighted by Gasteiger charge is 2.35. The number of carbonyl (C=O) groups excluding carboxylic acids is 2. The minimum atomic E-state index is -1.38. The molecule has 14 heteroatoms. The summed E-state index contributed by atoms with van der Waals surface area (Å²) in [6.45, 7) is 3.98. The van der Waals surface area contributed by atoms with Gasteiger partial charge in [0, 0.05) is 38.2 Å². The summed E-state index contributed by atoms with van der Waals surface area (Å²) in [4.78, 5) is 55.4. The Balaban J connectivity index is 1.12. The van der Waals surface area contributed by atoms with Gasteiger partial charge < -0.3 is 29.7 Å². The lowest BCUT2D eigenvalue weighted by Crippen LogP contribution is -2.44. The van der Waals surface area contributed by atoms with Crippen molar-refractivity contribution in [3.8, 4) is 0 Å². The Bertz CT molecular complexity index is 1850. The fourth-order valence-corrected chi connectivity index (χ4v) is 6.09.